The number of aliphatic hydroxyl groups excluding tert-OH is 1. The van der Waals surface area contributed by atoms with Crippen molar-refractivity contribution in [3.05, 3.63) is 23.8 Å². The molecule has 0 spiro atoms. The van der Waals surface area contributed by atoms with Crippen LogP contribution >= 0.6 is 0 Å². The van der Waals surface area contributed by atoms with Crippen LogP contribution in [0.5, 0.6) is 0 Å². The molecule has 1 aliphatic rings. The topological polar surface area (TPSA) is 92.6 Å². The van der Waals surface area contributed by atoms with Crippen molar-refractivity contribution in [3.63, 3.8) is 0 Å². The van der Waals surface area contributed by atoms with Gasteiger partial charge in [-0.2, -0.15) is 0 Å². The van der Waals surface area contributed by atoms with Crippen molar-refractivity contribution in [1.82, 2.24) is 0 Å². The van der Waals surface area contributed by atoms with E-state index in [0.29, 0.717) is 17.2 Å². The maximum absolute atomic E-state index is 11.5. The van der Waals surface area contributed by atoms with Gasteiger partial charge in [0.05, 0.1) is 17.4 Å². The molecule has 1 aromatic rings. The lowest BCUT2D eigenvalue weighted by atomic mass is 9.91. The third-order valence-electron chi connectivity index (χ3n) is 3.85. The molecule has 1 aliphatic heterocycles. The van der Waals surface area contributed by atoms with Gasteiger partial charge in [0.15, 0.2) is 0 Å². The van der Waals surface area contributed by atoms with Gasteiger partial charge in [-0.15, -0.1) is 0 Å². The number of hydrogen-bond acceptors (Lipinski definition) is 4. The van der Waals surface area contributed by atoms with Crippen LogP contribution in [0.4, 0.5) is 11.4 Å². The van der Waals surface area contributed by atoms with Gasteiger partial charge in [-0.3, -0.25) is 4.79 Å². The van der Waals surface area contributed by atoms with E-state index in [-0.39, 0.29) is 6.10 Å². The smallest absolute Gasteiger partial charge is 0.250 e. The summed E-state index contributed by atoms with van der Waals surface area (Å²) in [6.07, 6.45) is 1.54. The van der Waals surface area contributed by atoms with Crippen LogP contribution in [0.1, 0.15) is 30.1 Å². The van der Waals surface area contributed by atoms with E-state index in [1.54, 1.807) is 18.2 Å². The summed E-state index contributed by atoms with van der Waals surface area (Å²) in [5.41, 5.74) is 13.1. The van der Waals surface area contributed by atoms with Gasteiger partial charge < -0.3 is 21.5 Å². The van der Waals surface area contributed by atoms with Gasteiger partial charge in [-0.05, 0) is 43.9 Å². The number of rotatable bonds is 3. The first-order valence-corrected chi connectivity index (χ1v) is 6.61. The van der Waals surface area contributed by atoms with E-state index in [2.05, 4.69) is 4.90 Å². The van der Waals surface area contributed by atoms with Gasteiger partial charge in [0.2, 0.25) is 0 Å². The number of hydrogen-bond donors (Lipinski definition) is 3. The number of nitrogens with two attached hydrogens (primary N) is 2. The molecular formula is C14H21N3O2. The second-order valence-electron chi connectivity index (χ2n) is 5.21. The Morgan fingerprint density at radius 2 is 2.05 bits per heavy atom. The van der Waals surface area contributed by atoms with Crippen LogP contribution < -0.4 is 16.4 Å². The standard InChI is InChI=1S/C14H21N3O2/c1-9(18)10-4-6-17(7-5-10)13-8-11(15)2-3-12(13)14(16)19/h2-3,8-10,18H,4-7,15H2,1H3,(H2,16,19). The van der Waals surface area contributed by atoms with Crippen molar-refractivity contribution in [2.75, 3.05) is 23.7 Å². The number of benzene rings is 1. The molecule has 2 rings (SSSR count). The Kier molecular flexibility index (Phi) is 3.95. The van der Waals surface area contributed by atoms with Crippen LogP contribution in [-0.4, -0.2) is 30.2 Å². The number of aliphatic hydroxyl groups is 1. The first-order valence-electron chi connectivity index (χ1n) is 6.61. The Bertz CT molecular complexity index is 466. The average molecular weight is 263 g/mol. The van der Waals surface area contributed by atoms with E-state index in [1.807, 2.05) is 6.92 Å². The van der Waals surface area contributed by atoms with Crippen molar-refractivity contribution < 1.29 is 9.90 Å². The fourth-order valence-corrected chi connectivity index (χ4v) is 2.64. The van der Waals surface area contributed by atoms with E-state index in [4.69, 9.17) is 11.5 Å². The van der Waals surface area contributed by atoms with Crippen molar-refractivity contribution in [2.24, 2.45) is 11.7 Å². The van der Waals surface area contributed by atoms with E-state index in [0.717, 1.165) is 31.6 Å². The zero-order valence-corrected chi connectivity index (χ0v) is 11.2. The number of nitrogens with zero attached hydrogens (tertiary/aromatic N) is 1. The lowest BCUT2D eigenvalue weighted by molar-refractivity contribution is 0.0998. The average Bonchev–Trinajstić information content (AvgIpc) is 2.38. The fraction of sp³-hybridized carbons (Fsp3) is 0.500. The van der Waals surface area contributed by atoms with Crippen molar-refractivity contribution in [1.29, 1.82) is 0 Å². The summed E-state index contributed by atoms with van der Waals surface area (Å²) in [4.78, 5) is 13.6. The minimum Gasteiger partial charge on any atom is -0.399 e. The molecule has 1 atom stereocenters. The Hall–Kier alpha value is -1.75. The van der Waals surface area contributed by atoms with E-state index in [1.165, 1.54) is 0 Å². The third kappa shape index (κ3) is 2.98. The predicted molar refractivity (Wildman–Crippen MR) is 76.0 cm³/mol. The quantitative estimate of drug-likeness (QED) is 0.708. The molecule has 1 saturated heterocycles. The molecule has 1 amide bonds. The van der Waals surface area contributed by atoms with Gasteiger partial charge in [-0.1, -0.05) is 0 Å². The molecule has 104 valence electrons. The minimum atomic E-state index is -0.437. The maximum atomic E-state index is 11.5. The third-order valence-corrected chi connectivity index (χ3v) is 3.85. The first kappa shape index (κ1) is 13.7. The molecule has 5 nitrogen and oxygen atoms in total. The van der Waals surface area contributed by atoms with Crippen molar-refractivity contribution in [2.45, 2.75) is 25.9 Å². The normalized spacial score (nSPS) is 18.3. The summed E-state index contributed by atoms with van der Waals surface area (Å²) in [6, 6.07) is 5.16. The van der Waals surface area contributed by atoms with Crippen LogP contribution in [0.3, 0.4) is 0 Å². The molecule has 0 aromatic heterocycles. The van der Waals surface area contributed by atoms with Crippen LogP contribution in [0.25, 0.3) is 0 Å². The summed E-state index contributed by atoms with van der Waals surface area (Å²) in [6.45, 7) is 3.44. The maximum Gasteiger partial charge on any atom is 0.250 e. The number of anilines is 2. The minimum absolute atomic E-state index is 0.279. The molecule has 1 unspecified atom stereocenters. The first-order chi connectivity index (χ1) is 8.99. The monoisotopic (exact) mass is 263 g/mol. The van der Waals surface area contributed by atoms with E-state index < -0.39 is 5.91 Å². The number of amides is 1. The highest BCUT2D eigenvalue weighted by atomic mass is 16.3. The Morgan fingerprint density at radius 3 is 2.58 bits per heavy atom. The molecule has 1 heterocycles. The summed E-state index contributed by atoms with van der Waals surface area (Å²) in [7, 11) is 0. The molecule has 5 N–H and O–H groups in total. The van der Waals surface area contributed by atoms with Gasteiger partial charge in [0.1, 0.15) is 0 Å². The van der Waals surface area contributed by atoms with Gasteiger partial charge in [-0.25, -0.2) is 0 Å². The predicted octanol–water partition coefficient (Wildman–Crippen LogP) is 0.965. The van der Waals surface area contributed by atoms with E-state index in [9.17, 15) is 9.90 Å². The number of carbonyl (C=O) groups is 1. The van der Waals surface area contributed by atoms with Crippen LogP contribution in [-0.2, 0) is 0 Å². The Labute approximate surface area is 113 Å². The molecular weight excluding hydrogens is 242 g/mol. The SMILES string of the molecule is CC(O)C1CCN(c2cc(N)ccc2C(N)=O)CC1. The summed E-state index contributed by atoms with van der Waals surface area (Å²) < 4.78 is 0. The second kappa shape index (κ2) is 5.48. The second-order valence-corrected chi connectivity index (χ2v) is 5.21. The number of primary amides is 1. The van der Waals surface area contributed by atoms with Crippen molar-refractivity contribution in [3.8, 4) is 0 Å². The Morgan fingerprint density at radius 1 is 1.42 bits per heavy atom. The molecule has 5 heteroatoms. The van der Waals surface area contributed by atoms with Gasteiger partial charge >= 0.3 is 0 Å². The zero-order chi connectivity index (χ0) is 14.0. The highest BCUT2D eigenvalue weighted by Crippen LogP contribution is 2.29. The molecule has 0 radical (unpaired) electrons. The van der Waals surface area contributed by atoms with E-state index >= 15 is 0 Å². The number of nitrogen functional groups attached to an aromatic ring is 1. The molecule has 1 fully saturated rings. The fourth-order valence-electron chi connectivity index (χ4n) is 2.64. The summed E-state index contributed by atoms with van der Waals surface area (Å²) in [5.74, 6) is -0.109. The summed E-state index contributed by atoms with van der Waals surface area (Å²) >= 11 is 0. The molecule has 0 bridgehead atoms. The van der Waals surface area contributed by atoms with Crippen molar-refractivity contribution >= 4 is 17.3 Å². The molecule has 0 saturated carbocycles. The highest BCUT2D eigenvalue weighted by molar-refractivity contribution is 5.99. The zero-order valence-electron chi connectivity index (χ0n) is 11.2. The highest BCUT2D eigenvalue weighted by Gasteiger charge is 2.24. The van der Waals surface area contributed by atoms with Crippen LogP contribution in [0, 0.1) is 5.92 Å². The number of piperidine rings is 1. The molecule has 0 aliphatic carbocycles. The van der Waals surface area contributed by atoms with Gasteiger partial charge in [0.25, 0.3) is 5.91 Å². The molecule has 19 heavy (non-hydrogen) atoms. The summed E-state index contributed by atoms with van der Waals surface area (Å²) in [5, 5.41) is 9.61. The number of carbonyl (C=O) groups excluding carboxylic acids is 1. The van der Waals surface area contributed by atoms with Gasteiger partial charge in [0, 0.05) is 18.8 Å². The Balaban J connectivity index is 2.19. The lowest BCUT2D eigenvalue weighted by Crippen LogP contribution is -2.38. The molecule has 1 aromatic carbocycles. The van der Waals surface area contributed by atoms with Crippen LogP contribution in [0.15, 0.2) is 18.2 Å². The largest absolute Gasteiger partial charge is 0.399 e. The lowest BCUT2D eigenvalue weighted by Gasteiger charge is -2.35. The van der Waals surface area contributed by atoms with Crippen LogP contribution in [0.2, 0.25) is 0 Å².